The van der Waals surface area contributed by atoms with Crippen LogP contribution in [-0.4, -0.2) is 122 Å². The topological polar surface area (TPSA) is 402 Å². The normalized spacial score (nSPS) is 12.6. The van der Waals surface area contributed by atoms with E-state index in [1.54, 1.807) is 0 Å². The van der Waals surface area contributed by atoms with E-state index in [2.05, 4.69) is 37.2 Å². The van der Waals surface area contributed by atoms with E-state index in [-0.39, 0.29) is 88.7 Å². The minimum Gasteiger partial charge on any atom is -0.370 e. The number of primary amides is 3. The first-order valence-corrected chi connectivity index (χ1v) is 23.2. The molecule has 66 heavy (non-hydrogen) atoms. The molecule has 376 valence electrons. The summed E-state index contributed by atoms with van der Waals surface area (Å²) in [7, 11) is 0. The number of ketones is 1. The summed E-state index contributed by atoms with van der Waals surface area (Å²) < 4.78 is 0. The predicted octanol–water partition coefficient (Wildman–Crippen LogP) is -2.18. The van der Waals surface area contributed by atoms with Gasteiger partial charge < -0.3 is 65.9 Å². The SMILES string of the molecule is CC(=O)CNC(=O)C(CN)NC(=O)[C@H](CCC(N)=O)NC(=O)CNC(=O)[C@H](CN)NC(=O)CCCNC(=O)CCC(NC(=O)CCCCCCCCCCCCCCCCC(N)=O)C(N)=O. The van der Waals surface area contributed by atoms with Crippen LogP contribution in [0.4, 0.5) is 0 Å². The highest BCUT2D eigenvalue weighted by molar-refractivity contribution is 5.95. The van der Waals surface area contributed by atoms with Gasteiger partial charge >= 0.3 is 0 Å². The Labute approximate surface area is 387 Å². The van der Waals surface area contributed by atoms with Gasteiger partial charge in [0.05, 0.1) is 13.1 Å². The van der Waals surface area contributed by atoms with Gasteiger partial charge in [-0.25, -0.2) is 0 Å². The standard InChI is InChI=1S/C43H78N12O11/c1-29(56)27-50-42(65)33(26-45)55-43(66)31(20-22-35(47)58)53-39(62)28-51-41(64)32(25-44)54-38(61)19-16-24-49-36(59)23-21-30(40(48)63)52-37(60)18-15-13-11-9-7-5-3-2-4-6-8-10-12-14-17-34(46)57/h30-33H,2-28,44-45H2,1H3,(H2,46,57)(H2,47,58)(H2,48,63)(H,49,59)(H,50,65)(H,51,64)(H,52,60)(H,53,62)(H,54,61)(H,55,66)/t30?,31-,32-,33?/m0/s1. The summed E-state index contributed by atoms with van der Waals surface area (Å²) in [6, 6.07) is -4.89. The van der Waals surface area contributed by atoms with Crippen molar-refractivity contribution < 1.29 is 52.7 Å². The zero-order valence-corrected chi connectivity index (χ0v) is 38.8. The highest BCUT2D eigenvalue weighted by Crippen LogP contribution is 2.14. The quantitative estimate of drug-likeness (QED) is 0.0291. The van der Waals surface area contributed by atoms with E-state index in [4.69, 9.17) is 28.7 Å². The molecule has 0 fully saturated rings. The van der Waals surface area contributed by atoms with Gasteiger partial charge in [0, 0.05) is 51.7 Å². The monoisotopic (exact) mass is 939 g/mol. The van der Waals surface area contributed by atoms with Crippen molar-refractivity contribution in [3.05, 3.63) is 0 Å². The summed E-state index contributed by atoms with van der Waals surface area (Å²) in [5.41, 5.74) is 27.1. The number of amides is 10. The minimum atomic E-state index is -1.37. The number of Topliss-reactive ketones (excluding diaryl/α,β-unsaturated/α-hetero) is 1. The van der Waals surface area contributed by atoms with Crippen molar-refractivity contribution in [2.24, 2.45) is 28.7 Å². The van der Waals surface area contributed by atoms with Crippen molar-refractivity contribution in [1.82, 2.24) is 37.2 Å². The molecule has 0 bridgehead atoms. The average Bonchev–Trinajstić information content (AvgIpc) is 3.26. The Morgan fingerprint density at radius 3 is 1.26 bits per heavy atom. The lowest BCUT2D eigenvalue weighted by atomic mass is 10.0. The minimum absolute atomic E-state index is 0.00640. The van der Waals surface area contributed by atoms with E-state index in [0.29, 0.717) is 12.8 Å². The number of nitrogens with two attached hydrogens (primary N) is 5. The molecule has 0 spiro atoms. The highest BCUT2D eigenvalue weighted by atomic mass is 16.2. The first kappa shape index (κ1) is 60.3. The molecule has 2 unspecified atom stereocenters. The first-order valence-electron chi connectivity index (χ1n) is 23.2. The molecule has 0 aliphatic heterocycles. The van der Waals surface area contributed by atoms with E-state index >= 15 is 0 Å². The summed E-state index contributed by atoms with van der Waals surface area (Å²) in [5, 5.41) is 16.9. The Balaban J connectivity index is 4.45. The molecule has 0 saturated heterocycles. The first-order chi connectivity index (χ1) is 31.4. The van der Waals surface area contributed by atoms with Gasteiger partial charge in [0.2, 0.25) is 59.1 Å². The second-order valence-electron chi connectivity index (χ2n) is 16.3. The van der Waals surface area contributed by atoms with Gasteiger partial charge in [0.15, 0.2) is 0 Å². The van der Waals surface area contributed by atoms with Crippen molar-refractivity contribution in [2.45, 2.75) is 172 Å². The van der Waals surface area contributed by atoms with Crippen LogP contribution >= 0.6 is 0 Å². The van der Waals surface area contributed by atoms with Crippen LogP contribution in [-0.2, 0) is 52.7 Å². The average molecular weight is 939 g/mol. The van der Waals surface area contributed by atoms with Gasteiger partial charge in [-0.3, -0.25) is 52.7 Å². The molecule has 0 radical (unpaired) electrons. The number of hydrogen-bond donors (Lipinski definition) is 12. The Morgan fingerprint density at radius 2 is 0.788 bits per heavy atom. The van der Waals surface area contributed by atoms with Crippen LogP contribution < -0.4 is 65.9 Å². The lowest BCUT2D eigenvalue weighted by molar-refractivity contribution is -0.133. The lowest BCUT2D eigenvalue weighted by Crippen LogP contribution is -2.57. The van der Waals surface area contributed by atoms with Crippen LogP contribution in [0.15, 0.2) is 0 Å². The summed E-state index contributed by atoms with van der Waals surface area (Å²) in [6.45, 7) is -0.316. The fourth-order valence-electron chi connectivity index (χ4n) is 6.53. The van der Waals surface area contributed by atoms with Gasteiger partial charge in [-0.05, 0) is 39.0 Å². The van der Waals surface area contributed by atoms with Gasteiger partial charge in [-0.2, -0.15) is 0 Å². The summed E-state index contributed by atoms with van der Waals surface area (Å²) in [6.07, 6.45) is 15.3. The Morgan fingerprint density at radius 1 is 0.379 bits per heavy atom. The maximum Gasteiger partial charge on any atom is 0.244 e. The van der Waals surface area contributed by atoms with E-state index in [0.717, 1.165) is 44.9 Å². The van der Waals surface area contributed by atoms with E-state index in [1.165, 1.54) is 45.4 Å². The number of unbranched alkanes of at least 4 members (excludes halogenated alkanes) is 13. The molecule has 4 atom stereocenters. The summed E-state index contributed by atoms with van der Waals surface area (Å²) >= 11 is 0. The Kier molecular flexibility index (Phi) is 34.3. The largest absolute Gasteiger partial charge is 0.370 e. The molecule has 23 heteroatoms. The number of rotatable bonds is 41. The smallest absolute Gasteiger partial charge is 0.244 e. The van der Waals surface area contributed by atoms with Crippen LogP contribution in [0.25, 0.3) is 0 Å². The molecular formula is C43H78N12O11. The third-order valence-electron chi connectivity index (χ3n) is 10.3. The molecule has 0 saturated carbocycles. The van der Waals surface area contributed by atoms with Crippen LogP contribution in [0, 0.1) is 0 Å². The van der Waals surface area contributed by atoms with Crippen molar-refractivity contribution >= 4 is 64.9 Å². The third kappa shape index (κ3) is 32.9. The van der Waals surface area contributed by atoms with Crippen LogP contribution in [0.3, 0.4) is 0 Å². The van der Waals surface area contributed by atoms with Crippen LogP contribution in [0.5, 0.6) is 0 Å². The second-order valence-corrected chi connectivity index (χ2v) is 16.3. The summed E-state index contributed by atoms with van der Waals surface area (Å²) in [5.74, 6) is -6.74. The van der Waals surface area contributed by atoms with Crippen LogP contribution in [0.1, 0.15) is 148 Å². The second kappa shape index (κ2) is 37.5. The molecule has 0 aromatic rings. The molecule has 0 aromatic heterocycles. The van der Waals surface area contributed by atoms with E-state index < -0.39 is 78.0 Å². The van der Waals surface area contributed by atoms with Gasteiger partial charge in [0.1, 0.15) is 30.0 Å². The van der Waals surface area contributed by atoms with Crippen molar-refractivity contribution in [3.63, 3.8) is 0 Å². The molecule has 0 heterocycles. The Hall–Kier alpha value is -5.71. The van der Waals surface area contributed by atoms with Gasteiger partial charge in [-0.15, -0.1) is 0 Å². The zero-order valence-electron chi connectivity index (χ0n) is 38.8. The fraction of sp³-hybridized carbons (Fsp3) is 0.744. The highest BCUT2D eigenvalue weighted by Gasteiger charge is 2.27. The lowest BCUT2D eigenvalue weighted by Gasteiger charge is -2.22. The number of carbonyl (C=O) groups excluding carboxylic acids is 11. The van der Waals surface area contributed by atoms with E-state index in [1.807, 2.05) is 0 Å². The maximum absolute atomic E-state index is 12.9. The molecule has 0 aliphatic carbocycles. The van der Waals surface area contributed by atoms with Crippen molar-refractivity contribution in [1.29, 1.82) is 0 Å². The third-order valence-corrected chi connectivity index (χ3v) is 10.3. The molecule has 0 aliphatic rings. The van der Waals surface area contributed by atoms with E-state index in [9.17, 15) is 52.7 Å². The molecule has 23 nitrogen and oxygen atoms in total. The molecule has 0 rings (SSSR count). The number of hydrogen-bond acceptors (Lipinski definition) is 13. The maximum atomic E-state index is 12.9. The Bertz CT molecular complexity index is 1570. The molecular weight excluding hydrogens is 861 g/mol. The predicted molar refractivity (Wildman–Crippen MR) is 245 cm³/mol. The molecule has 0 aromatic carbocycles. The molecule has 10 amide bonds. The summed E-state index contributed by atoms with van der Waals surface area (Å²) in [4.78, 5) is 133. The van der Waals surface area contributed by atoms with Crippen LogP contribution in [0.2, 0.25) is 0 Å². The number of carbonyl (C=O) groups is 11. The van der Waals surface area contributed by atoms with Crippen molar-refractivity contribution in [2.75, 3.05) is 32.7 Å². The van der Waals surface area contributed by atoms with Crippen molar-refractivity contribution in [3.8, 4) is 0 Å². The van der Waals surface area contributed by atoms with Gasteiger partial charge in [-0.1, -0.05) is 77.0 Å². The van der Waals surface area contributed by atoms with Gasteiger partial charge in [0.25, 0.3) is 0 Å². The molecule has 17 N–H and O–H groups in total. The zero-order chi connectivity index (χ0) is 49.7. The number of nitrogens with one attached hydrogen (secondary N) is 7. The fourth-order valence-corrected chi connectivity index (χ4v) is 6.53.